The number of hydrogen-bond acceptors (Lipinski definition) is 6. The van der Waals surface area contributed by atoms with Crippen LogP contribution in [0.2, 0.25) is 0 Å². The summed E-state index contributed by atoms with van der Waals surface area (Å²) < 4.78 is 30.5. The molecular weight excluding hydrogens is 341 g/mol. The van der Waals surface area contributed by atoms with Crippen LogP contribution in [0.4, 0.5) is 4.39 Å². The Labute approximate surface area is 147 Å². The predicted octanol–water partition coefficient (Wildman–Crippen LogP) is 3.80. The molecule has 132 valence electrons. The quantitative estimate of drug-likeness (QED) is 0.720. The van der Waals surface area contributed by atoms with Crippen molar-refractivity contribution in [2.24, 2.45) is 0 Å². The van der Waals surface area contributed by atoms with Gasteiger partial charge in [0.25, 0.3) is 0 Å². The van der Waals surface area contributed by atoms with Crippen molar-refractivity contribution in [3.8, 4) is 11.6 Å². The Morgan fingerprint density at radius 3 is 2.77 bits per heavy atom. The summed E-state index contributed by atoms with van der Waals surface area (Å²) in [7, 11) is 0. The monoisotopic (exact) mass is 355 g/mol. The van der Waals surface area contributed by atoms with Crippen LogP contribution in [0.1, 0.15) is 19.4 Å². The maximum Gasteiger partial charge on any atom is 0.337 e. The van der Waals surface area contributed by atoms with Gasteiger partial charge in [-0.1, -0.05) is 0 Å². The average Bonchev–Trinajstić information content (AvgIpc) is 3.12. The van der Waals surface area contributed by atoms with Gasteiger partial charge in [-0.25, -0.2) is 14.2 Å². The van der Waals surface area contributed by atoms with Crippen LogP contribution in [-0.4, -0.2) is 21.8 Å². The fourth-order valence-corrected chi connectivity index (χ4v) is 3.03. The first-order valence-electron chi connectivity index (χ1n) is 7.84. The van der Waals surface area contributed by atoms with Crippen LogP contribution >= 0.6 is 0 Å². The molecule has 1 aliphatic rings. The third-order valence-electron chi connectivity index (χ3n) is 4.20. The van der Waals surface area contributed by atoms with E-state index in [0.29, 0.717) is 11.0 Å². The summed E-state index contributed by atoms with van der Waals surface area (Å²) in [5.41, 5.74) is 0.930. The highest BCUT2D eigenvalue weighted by Crippen LogP contribution is 2.40. The largest absolute Gasteiger partial charge is 0.464 e. The van der Waals surface area contributed by atoms with Gasteiger partial charge in [0.15, 0.2) is 0 Å². The van der Waals surface area contributed by atoms with Crippen LogP contribution in [0, 0.1) is 5.82 Å². The van der Waals surface area contributed by atoms with Gasteiger partial charge in [0, 0.05) is 35.9 Å². The van der Waals surface area contributed by atoms with Crippen LogP contribution in [0.25, 0.3) is 16.5 Å². The SMILES string of the molecule is CC1=C(c2ccc(Oc3nccc4occc34)cc2F)C(C)(O)OC1=O. The molecule has 3 heterocycles. The molecule has 0 fully saturated rings. The van der Waals surface area contributed by atoms with Crippen LogP contribution in [0.5, 0.6) is 11.6 Å². The third-order valence-corrected chi connectivity index (χ3v) is 4.20. The fraction of sp³-hybridized carbons (Fsp3) is 0.158. The molecule has 0 saturated carbocycles. The van der Waals surface area contributed by atoms with Gasteiger partial charge in [0.1, 0.15) is 17.1 Å². The van der Waals surface area contributed by atoms with Gasteiger partial charge in [-0.15, -0.1) is 0 Å². The summed E-state index contributed by atoms with van der Waals surface area (Å²) in [6.45, 7) is 2.77. The number of fused-ring (bicyclic) bond motifs is 1. The highest BCUT2D eigenvalue weighted by atomic mass is 19.1. The predicted molar refractivity (Wildman–Crippen MR) is 89.8 cm³/mol. The summed E-state index contributed by atoms with van der Waals surface area (Å²) in [6.07, 6.45) is 3.04. The Morgan fingerprint density at radius 1 is 1.27 bits per heavy atom. The number of furan rings is 1. The number of aliphatic hydroxyl groups is 1. The number of cyclic esters (lactones) is 1. The number of benzene rings is 1. The van der Waals surface area contributed by atoms with Gasteiger partial charge in [-0.05, 0) is 31.2 Å². The number of pyridine rings is 1. The molecule has 6 nitrogen and oxygen atoms in total. The summed E-state index contributed by atoms with van der Waals surface area (Å²) >= 11 is 0. The van der Waals surface area contributed by atoms with Gasteiger partial charge < -0.3 is 19.0 Å². The van der Waals surface area contributed by atoms with E-state index in [2.05, 4.69) is 4.98 Å². The van der Waals surface area contributed by atoms with E-state index in [1.54, 1.807) is 12.1 Å². The first-order valence-corrected chi connectivity index (χ1v) is 7.84. The van der Waals surface area contributed by atoms with E-state index in [9.17, 15) is 14.3 Å². The molecule has 4 rings (SSSR count). The lowest BCUT2D eigenvalue weighted by atomic mass is 9.95. The number of rotatable bonds is 3. The van der Waals surface area contributed by atoms with E-state index in [1.807, 2.05) is 0 Å². The number of aromatic nitrogens is 1. The molecular formula is C19H14FNO5. The molecule has 3 aromatic rings. The van der Waals surface area contributed by atoms with E-state index < -0.39 is 17.6 Å². The van der Waals surface area contributed by atoms with E-state index in [0.717, 1.165) is 6.07 Å². The second-order valence-corrected chi connectivity index (χ2v) is 6.06. The van der Waals surface area contributed by atoms with Crippen molar-refractivity contribution in [2.45, 2.75) is 19.6 Å². The minimum atomic E-state index is -1.88. The fourth-order valence-electron chi connectivity index (χ4n) is 3.03. The number of carbonyl (C=O) groups excluding carboxylic acids is 1. The summed E-state index contributed by atoms with van der Waals surface area (Å²) in [5.74, 6) is -2.72. The van der Waals surface area contributed by atoms with Crippen molar-refractivity contribution in [3.05, 3.63) is 59.7 Å². The number of nitrogens with zero attached hydrogens (tertiary/aromatic N) is 1. The summed E-state index contributed by atoms with van der Waals surface area (Å²) in [5, 5.41) is 10.9. The maximum atomic E-state index is 14.7. The van der Waals surface area contributed by atoms with Crippen LogP contribution in [-0.2, 0) is 9.53 Å². The first-order chi connectivity index (χ1) is 12.4. The minimum absolute atomic E-state index is 0.0696. The lowest BCUT2D eigenvalue weighted by Gasteiger charge is -2.20. The smallest absolute Gasteiger partial charge is 0.337 e. The highest BCUT2D eigenvalue weighted by molar-refractivity contribution is 6.03. The van der Waals surface area contributed by atoms with Crippen molar-refractivity contribution in [3.63, 3.8) is 0 Å². The van der Waals surface area contributed by atoms with E-state index >= 15 is 0 Å². The minimum Gasteiger partial charge on any atom is -0.464 e. The second kappa shape index (κ2) is 5.67. The molecule has 0 bridgehead atoms. The Hall–Kier alpha value is -3.19. The number of carbonyl (C=O) groups is 1. The topological polar surface area (TPSA) is 81.8 Å². The van der Waals surface area contributed by atoms with Gasteiger partial charge in [-0.3, -0.25) is 0 Å². The van der Waals surface area contributed by atoms with Crippen LogP contribution in [0.15, 0.2) is 52.8 Å². The standard InChI is InChI=1S/C19H14FNO5/c1-10-16(19(2,23)26-18(10)22)12-4-3-11(9-14(12)20)25-17-13-6-8-24-15(13)5-7-21-17/h3-9,23H,1-2H3. The molecule has 2 aromatic heterocycles. The molecule has 0 aliphatic carbocycles. The van der Waals surface area contributed by atoms with Gasteiger partial charge in [0.2, 0.25) is 11.7 Å². The van der Waals surface area contributed by atoms with E-state index in [4.69, 9.17) is 13.9 Å². The van der Waals surface area contributed by atoms with Gasteiger partial charge in [0.05, 0.1) is 11.6 Å². The Kier molecular flexibility index (Phi) is 3.55. The zero-order valence-electron chi connectivity index (χ0n) is 13.9. The lowest BCUT2D eigenvalue weighted by Crippen LogP contribution is -2.26. The average molecular weight is 355 g/mol. The molecule has 1 aromatic carbocycles. The summed E-state index contributed by atoms with van der Waals surface area (Å²) in [4.78, 5) is 15.8. The van der Waals surface area contributed by atoms with Crippen LogP contribution in [0.3, 0.4) is 0 Å². The number of halogens is 1. The van der Waals surface area contributed by atoms with Crippen molar-refractivity contribution in [1.29, 1.82) is 0 Å². The normalized spacial score (nSPS) is 19.9. The Balaban J connectivity index is 1.71. The maximum absolute atomic E-state index is 14.7. The molecule has 1 aliphatic heterocycles. The van der Waals surface area contributed by atoms with E-state index in [1.165, 1.54) is 38.4 Å². The number of esters is 1. The number of hydrogen-bond donors (Lipinski definition) is 1. The summed E-state index contributed by atoms with van der Waals surface area (Å²) in [6, 6.07) is 7.51. The molecule has 0 saturated heterocycles. The molecule has 1 atom stereocenters. The Morgan fingerprint density at radius 2 is 2.08 bits per heavy atom. The second-order valence-electron chi connectivity index (χ2n) is 6.06. The third kappa shape index (κ3) is 2.53. The zero-order valence-corrected chi connectivity index (χ0v) is 13.9. The lowest BCUT2D eigenvalue weighted by molar-refractivity contribution is -0.170. The molecule has 7 heteroatoms. The first kappa shape index (κ1) is 16.3. The Bertz CT molecular complexity index is 1070. The van der Waals surface area contributed by atoms with Crippen molar-refractivity contribution >= 4 is 22.5 Å². The van der Waals surface area contributed by atoms with Gasteiger partial charge in [-0.2, -0.15) is 0 Å². The molecule has 1 unspecified atom stereocenters. The van der Waals surface area contributed by atoms with Crippen molar-refractivity contribution < 1.29 is 28.2 Å². The highest BCUT2D eigenvalue weighted by Gasteiger charge is 2.42. The van der Waals surface area contributed by atoms with E-state index in [-0.39, 0.29) is 28.3 Å². The number of ether oxygens (including phenoxy) is 2. The van der Waals surface area contributed by atoms with Crippen molar-refractivity contribution in [2.75, 3.05) is 0 Å². The van der Waals surface area contributed by atoms with Gasteiger partial charge >= 0.3 is 5.97 Å². The molecule has 1 N–H and O–H groups in total. The zero-order chi connectivity index (χ0) is 18.5. The van der Waals surface area contributed by atoms with Crippen molar-refractivity contribution in [1.82, 2.24) is 4.98 Å². The molecule has 26 heavy (non-hydrogen) atoms. The van der Waals surface area contributed by atoms with Crippen LogP contribution < -0.4 is 4.74 Å². The molecule has 0 spiro atoms. The molecule has 0 amide bonds. The molecule has 0 radical (unpaired) electrons.